The van der Waals surface area contributed by atoms with Gasteiger partial charge in [0.2, 0.25) is 5.95 Å². The third-order valence-corrected chi connectivity index (χ3v) is 4.55. The van der Waals surface area contributed by atoms with E-state index in [9.17, 15) is 9.18 Å². The molecule has 0 unspecified atom stereocenters. The highest BCUT2D eigenvalue weighted by Gasteiger charge is 2.19. The Balaban J connectivity index is 1.55. The third kappa shape index (κ3) is 4.75. The zero-order valence-corrected chi connectivity index (χ0v) is 14.4. The molecule has 1 N–H and O–H groups in total. The van der Waals surface area contributed by atoms with Crippen LogP contribution >= 0.6 is 0 Å². The second kappa shape index (κ2) is 8.05. The molecule has 1 saturated heterocycles. The number of rotatable bonds is 5. The molecule has 0 radical (unpaired) electrons. The highest BCUT2D eigenvalue weighted by Crippen LogP contribution is 2.19. The Bertz CT molecular complexity index is 712. The molecule has 0 atom stereocenters. The van der Waals surface area contributed by atoms with E-state index in [1.165, 1.54) is 12.1 Å². The molecular weight excluding hydrogens is 319 g/mol. The van der Waals surface area contributed by atoms with Gasteiger partial charge >= 0.3 is 0 Å². The van der Waals surface area contributed by atoms with Crippen LogP contribution in [0.25, 0.3) is 0 Å². The number of benzene rings is 1. The van der Waals surface area contributed by atoms with Gasteiger partial charge in [-0.2, -0.15) is 0 Å². The standard InChI is InChI=1S/C19H23FN4O/c1-14-8-12-24(13-9-14)19-22-11-7-17(23-19)18(25)21-10-6-15-2-4-16(20)5-3-15/h2-5,7,11,14H,6,8-10,12-13H2,1H3,(H,21,25). The van der Waals surface area contributed by atoms with Crippen molar-refractivity contribution in [1.82, 2.24) is 15.3 Å². The van der Waals surface area contributed by atoms with E-state index in [1.807, 2.05) is 0 Å². The lowest BCUT2D eigenvalue weighted by Crippen LogP contribution is -2.35. The van der Waals surface area contributed by atoms with E-state index in [4.69, 9.17) is 0 Å². The van der Waals surface area contributed by atoms with E-state index in [0.717, 1.165) is 37.4 Å². The van der Waals surface area contributed by atoms with Crippen LogP contribution in [0.3, 0.4) is 0 Å². The van der Waals surface area contributed by atoms with Crippen molar-refractivity contribution in [3.8, 4) is 0 Å². The van der Waals surface area contributed by atoms with E-state index < -0.39 is 0 Å². The lowest BCUT2D eigenvalue weighted by molar-refractivity contribution is 0.0949. The Hall–Kier alpha value is -2.50. The molecule has 2 aromatic rings. The first-order valence-electron chi connectivity index (χ1n) is 8.72. The minimum absolute atomic E-state index is 0.212. The molecule has 0 spiro atoms. The van der Waals surface area contributed by atoms with Crippen LogP contribution < -0.4 is 10.2 Å². The molecule has 0 saturated carbocycles. The van der Waals surface area contributed by atoms with Crippen molar-refractivity contribution in [2.45, 2.75) is 26.2 Å². The number of hydrogen-bond donors (Lipinski definition) is 1. The number of anilines is 1. The zero-order chi connectivity index (χ0) is 17.6. The van der Waals surface area contributed by atoms with Crippen LogP contribution in [0.5, 0.6) is 0 Å². The third-order valence-electron chi connectivity index (χ3n) is 4.55. The number of hydrogen-bond acceptors (Lipinski definition) is 4. The smallest absolute Gasteiger partial charge is 0.270 e. The van der Waals surface area contributed by atoms with E-state index in [0.29, 0.717) is 24.6 Å². The number of piperidine rings is 1. The van der Waals surface area contributed by atoms with Gasteiger partial charge in [0.15, 0.2) is 0 Å². The summed E-state index contributed by atoms with van der Waals surface area (Å²) < 4.78 is 12.9. The Morgan fingerprint density at radius 3 is 2.68 bits per heavy atom. The predicted molar refractivity (Wildman–Crippen MR) is 95.1 cm³/mol. The number of amides is 1. The Labute approximate surface area is 147 Å². The Kier molecular flexibility index (Phi) is 5.58. The monoisotopic (exact) mass is 342 g/mol. The van der Waals surface area contributed by atoms with Gasteiger partial charge in [0.1, 0.15) is 11.5 Å². The normalized spacial score (nSPS) is 15.2. The van der Waals surface area contributed by atoms with Crippen LogP contribution in [0.4, 0.5) is 10.3 Å². The maximum absolute atomic E-state index is 12.9. The van der Waals surface area contributed by atoms with Gasteiger partial charge in [0.05, 0.1) is 0 Å². The first-order valence-corrected chi connectivity index (χ1v) is 8.72. The highest BCUT2D eigenvalue weighted by molar-refractivity contribution is 5.92. The maximum Gasteiger partial charge on any atom is 0.270 e. The van der Waals surface area contributed by atoms with Crippen LogP contribution in [0.15, 0.2) is 36.5 Å². The maximum atomic E-state index is 12.9. The van der Waals surface area contributed by atoms with Gasteiger partial charge in [0.25, 0.3) is 5.91 Å². The minimum Gasteiger partial charge on any atom is -0.350 e. The molecule has 1 amide bonds. The molecule has 1 aromatic heterocycles. The van der Waals surface area contributed by atoms with E-state index >= 15 is 0 Å². The largest absolute Gasteiger partial charge is 0.350 e. The molecule has 1 aromatic carbocycles. The molecule has 1 fully saturated rings. The molecule has 3 rings (SSSR count). The van der Waals surface area contributed by atoms with Gasteiger partial charge in [-0.25, -0.2) is 14.4 Å². The van der Waals surface area contributed by atoms with E-state index in [2.05, 4.69) is 27.1 Å². The molecule has 1 aliphatic heterocycles. The zero-order valence-electron chi connectivity index (χ0n) is 14.4. The summed E-state index contributed by atoms with van der Waals surface area (Å²) in [7, 11) is 0. The highest BCUT2D eigenvalue weighted by atomic mass is 19.1. The second-order valence-electron chi connectivity index (χ2n) is 6.54. The number of carbonyl (C=O) groups is 1. The summed E-state index contributed by atoms with van der Waals surface area (Å²) >= 11 is 0. The number of halogens is 1. The van der Waals surface area contributed by atoms with Gasteiger partial charge < -0.3 is 10.2 Å². The lowest BCUT2D eigenvalue weighted by atomic mass is 10.00. The average Bonchev–Trinajstić information content (AvgIpc) is 2.64. The van der Waals surface area contributed by atoms with Crippen molar-refractivity contribution in [3.63, 3.8) is 0 Å². The van der Waals surface area contributed by atoms with Crippen LogP contribution in [0.1, 0.15) is 35.8 Å². The molecular formula is C19H23FN4O. The quantitative estimate of drug-likeness (QED) is 0.908. The summed E-state index contributed by atoms with van der Waals surface area (Å²) in [6.07, 6.45) is 4.53. The summed E-state index contributed by atoms with van der Waals surface area (Å²) in [5, 5.41) is 2.86. The minimum atomic E-state index is -0.256. The fraction of sp³-hybridized carbons (Fsp3) is 0.421. The summed E-state index contributed by atoms with van der Waals surface area (Å²) in [6, 6.07) is 7.92. The molecule has 0 bridgehead atoms. The molecule has 1 aliphatic rings. The van der Waals surface area contributed by atoms with Crippen LogP contribution in [-0.4, -0.2) is 35.5 Å². The van der Waals surface area contributed by atoms with Gasteiger partial charge in [0, 0.05) is 25.8 Å². The number of nitrogens with one attached hydrogen (secondary N) is 1. The number of carbonyl (C=O) groups excluding carboxylic acids is 1. The molecule has 5 nitrogen and oxygen atoms in total. The van der Waals surface area contributed by atoms with Crippen LogP contribution in [0, 0.1) is 11.7 Å². The van der Waals surface area contributed by atoms with Gasteiger partial charge in [-0.3, -0.25) is 4.79 Å². The number of aromatic nitrogens is 2. The van der Waals surface area contributed by atoms with Crippen molar-refractivity contribution in [1.29, 1.82) is 0 Å². The van der Waals surface area contributed by atoms with Crippen molar-refractivity contribution >= 4 is 11.9 Å². The van der Waals surface area contributed by atoms with Gasteiger partial charge in [-0.1, -0.05) is 19.1 Å². The van der Waals surface area contributed by atoms with Crippen LogP contribution in [0.2, 0.25) is 0 Å². The fourth-order valence-electron chi connectivity index (χ4n) is 2.90. The first kappa shape index (κ1) is 17.3. The summed E-state index contributed by atoms with van der Waals surface area (Å²) in [4.78, 5) is 23.1. The van der Waals surface area contributed by atoms with Crippen molar-refractivity contribution in [2.24, 2.45) is 5.92 Å². The van der Waals surface area contributed by atoms with Crippen LogP contribution in [-0.2, 0) is 6.42 Å². The topological polar surface area (TPSA) is 58.1 Å². The SMILES string of the molecule is CC1CCN(c2nccc(C(=O)NCCc3ccc(F)cc3)n2)CC1. The van der Waals surface area contributed by atoms with Gasteiger partial charge in [-0.05, 0) is 48.9 Å². The van der Waals surface area contributed by atoms with E-state index in [-0.39, 0.29) is 11.7 Å². The predicted octanol–water partition coefficient (Wildman–Crippen LogP) is 2.82. The lowest BCUT2D eigenvalue weighted by Gasteiger charge is -2.30. The molecule has 0 aliphatic carbocycles. The molecule has 132 valence electrons. The summed E-state index contributed by atoms with van der Waals surface area (Å²) in [6.45, 7) is 4.59. The second-order valence-corrected chi connectivity index (χ2v) is 6.54. The summed E-state index contributed by atoms with van der Waals surface area (Å²) in [5.41, 5.74) is 1.36. The van der Waals surface area contributed by atoms with Gasteiger partial charge in [-0.15, -0.1) is 0 Å². The number of nitrogens with zero attached hydrogens (tertiary/aromatic N) is 3. The molecule has 6 heteroatoms. The molecule has 2 heterocycles. The average molecular weight is 342 g/mol. The van der Waals surface area contributed by atoms with Crippen molar-refractivity contribution < 1.29 is 9.18 Å². The Morgan fingerprint density at radius 2 is 1.96 bits per heavy atom. The first-order chi connectivity index (χ1) is 12.1. The fourth-order valence-corrected chi connectivity index (χ4v) is 2.90. The van der Waals surface area contributed by atoms with Crippen molar-refractivity contribution in [2.75, 3.05) is 24.5 Å². The Morgan fingerprint density at radius 1 is 1.24 bits per heavy atom. The summed E-state index contributed by atoms with van der Waals surface area (Å²) in [5.74, 6) is 0.886. The van der Waals surface area contributed by atoms with E-state index in [1.54, 1.807) is 24.4 Å². The molecule has 25 heavy (non-hydrogen) atoms. The van der Waals surface area contributed by atoms with Crippen molar-refractivity contribution in [3.05, 3.63) is 53.6 Å².